The molecule has 1 unspecified atom stereocenters. The summed E-state index contributed by atoms with van der Waals surface area (Å²) in [5.74, 6) is 0. The second-order valence-corrected chi connectivity index (χ2v) is 18.0. The zero-order valence-corrected chi connectivity index (χ0v) is 35.8. The second-order valence-electron chi connectivity index (χ2n) is 18.0. The maximum atomic E-state index is 2.51. The number of nitrogens with zero attached hydrogens (tertiary/aromatic N) is 2. The highest BCUT2D eigenvalue weighted by atomic mass is 15.2. The van der Waals surface area contributed by atoms with E-state index in [2.05, 4.69) is 254 Å². The lowest BCUT2D eigenvalue weighted by atomic mass is 9.70. The van der Waals surface area contributed by atoms with Gasteiger partial charge in [0.2, 0.25) is 0 Å². The number of fused-ring (bicyclic) bond motifs is 14. The fourth-order valence-corrected chi connectivity index (χ4v) is 11.8. The van der Waals surface area contributed by atoms with Crippen molar-refractivity contribution in [1.29, 1.82) is 0 Å². The van der Waals surface area contributed by atoms with Crippen molar-refractivity contribution in [3.8, 4) is 33.4 Å². The Morgan fingerprint density at radius 2 is 0.812 bits per heavy atom. The monoisotopic (exact) mass is 816 g/mol. The van der Waals surface area contributed by atoms with E-state index in [0.717, 1.165) is 22.7 Å². The highest BCUT2D eigenvalue weighted by molar-refractivity contribution is 6.12. The van der Waals surface area contributed by atoms with Gasteiger partial charge in [-0.1, -0.05) is 184 Å². The molecule has 0 saturated carbocycles. The molecule has 1 spiro atoms. The van der Waals surface area contributed by atoms with Crippen LogP contribution in [0.5, 0.6) is 0 Å². The summed E-state index contributed by atoms with van der Waals surface area (Å²) in [7, 11) is 0. The van der Waals surface area contributed by atoms with E-state index in [9.17, 15) is 0 Å². The van der Waals surface area contributed by atoms with Crippen LogP contribution in [-0.4, -0.2) is 0 Å². The van der Waals surface area contributed by atoms with E-state index < -0.39 is 5.41 Å². The van der Waals surface area contributed by atoms with Crippen LogP contribution in [0.15, 0.2) is 231 Å². The molecule has 302 valence electrons. The minimum Gasteiger partial charge on any atom is -0.310 e. The van der Waals surface area contributed by atoms with Crippen LogP contribution in [0.25, 0.3) is 44.2 Å². The smallest absolute Gasteiger partial charge is 0.0727 e. The first-order valence-electron chi connectivity index (χ1n) is 22.4. The number of para-hydroxylation sites is 3. The highest BCUT2D eigenvalue weighted by Gasteiger charge is 2.54. The lowest BCUT2D eigenvalue weighted by Crippen LogP contribution is -2.26. The Hall–Kier alpha value is -7.94. The summed E-state index contributed by atoms with van der Waals surface area (Å²) >= 11 is 0. The van der Waals surface area contributed by atoms with Gasteiger partial charge in [0.15, 0.2) is 0 Å². The topological polar surface area (TPSA) is 6.48 Å². The van der Waals surface area contributed by atoms with Crippen molar-refractivity contribution in [2.24, 2.45) is 0 Å². The van der Waals surface area contributed by atoms with E-state index in [1.165, 1.54) is 88.9 Å². The summed E-state index contributed by atoms with van der Waals surface area (Å²) in [5, 5.41) is 2.44. The van der Waals surface area contributed by atoms with Gasteiger partial charge in [0.25, 0.3) is 0 Å². The van der Waals surface area contributed by atoms with E-state index in [4.69, 9.17) is 0 Å². The van der Waals surface area contributed by atoms with Gasteiger partial charge in [-0.15, -0.1) is 0 Å². The van der Waals surface area contributed by atoms with Crippen molar-refractivity contribution in [3.05, 3.63) is 264 Å². The SMILES string of the molecule is CC1(C)c2ccccc2-c2ccc(N(c3ccccc3)c3cccc4c3-c3ccccc3C43c4ccccc4-c4c3cc3ccccc3c4N(c3ccccc3)c3ccccc3)cc21. The molecule has 0 bridgehead atoms. The summed E-state index contributed by atoms with van der Waals surface area (Å²) in [6.07, 6.45) is 0. The number of hydrogen-bond donors (Lipinski definition) is 0. The third kappa shape index (κ3) is 4.97. The average molecular weight is 817 g/mol. The first kappa shape index (κ1) is 36.7. The first-order chi connectivity index (χ1) is 31.5. The molecule has 3 aliphatic rings. The van der Waals surface area contributed by atoms with Crippen LogP contribution < -0.4 is 9.80 Å². The summed E-state index contributed by atoms with van der Waals surface area (Å²) in [4.78, 5) is 4.99. The predicted molar refractivity (Wildman–Crippen MR) is 267 cm³/mol. The Kier molecular flexibility index (Phi) is 7.90. The third-order valence-electron chi connectivity index (χ3n) is 14.4. The first-order valence-corrected chi connectivity index (χ1v) is 22.4. The van der Waals surface area contributed by atoms with Crippen LogP contribution in [0.4, 0.5) is 34.1 Å². The van der Waals surface area contributed by atoms with Crippen LogP contribution in [0.2, 0.25) is 0 Å². The van der Waals surface area contributed by atoms with Gasteiger partial charge in [-0.3, -0.25) is 0 Å². The standard InChI is InChI=1S/C62H44N2/c1-61(2)51-32-17-14-29-47(51)48-38-37-45(40-55(48)61)63(42-22-6-3-7-23-42)57-36-20-35-54-58(57)49-30-15-18-33-52(49)62(54)53-34-19-16-31-50(53)59-56(62)39-41-21-12-13-28-46(41)60(59)64(43-24-8-4-9-25-43)44-26-10-5-11-27-44/h3-40H,1-2H3. The van der Waals surface area contributed by atoms with Gasteiger partial charge in [-0.05, 0) is 122 Å². The Labute approximate surface area is 375 Å². The maximum Gasteiger partial charge on any atom is 0.0727 e. The molecule has 2 nitrogen and oxygen atoms in total. The van der Waals surface area contributed by atoms with E-state index in [0.29, 0.717) is 0 Å². The average Bonchev–Trinajstić information content (AvgIpc) is 3.91. The van der Waals surface area contributed by atoms with E-state index in [1.54, 1.807) is 0 Å². The van der Waals surface area contributed by atoms with Gasteiger partial charge in [0.1, 0.15) is 0 Å². The number of anilines is 6. The highest BCUT2D eigenvalue weighted by Crippen LogP contribution is 2.67. The summed E-state index contributed by atoms with van der Waals surface area (Å²) in [6, 6.07) is 85.8. The number of rotatable bonds is 6. The fourth-order valence-electron chi connectivity index (χ4n) is 11.8. The molecule has 64 heavy (non-hydrogen) atoms. The zero-order chi connectivity index (χ0) is 42.6. The van der Waals surface area contributed by atoms with Crippen LogP contribution in [-0.2, 0) is 10.8 Å². The van der Waals surface area contributed by atoms with E-state index >= 15 is 0 Å². The Morgan fingerprint density at radius 1 is 0.312 bits per heavy atom. The van der Waals surface area contributed by atoms with Crippen molar-refractivity contribution in [2.75, 3.05) is 9.80 Å². The van der Waals surface area contributed by atoms with E-state index in [-0.39, 0.29) is 5.41 Å². The van der Waals surface area contributed by atoms with Crippen LogP contribution >= 0.6 is 0 Å². The van der Waals surface area contributed by atoms with Gasteiger partial charge in [0, 0.05) is 44.7 Å². The molecular weight excluding hydrogens is 773 g/mol. The lowest BCUT2D eigenvalue weighted by molar-refractivity contribution is 0.660. The van der Waals surface area contributed by atoms with Crippen molar-refractivity contribution < 1.29 is 0 Å². The van der Waals surface area contributed by atoms with Crippen molar-refractivity contribution >= 4 is 44.9 Å². The molecule has 0 aromatic heterocycles. The molecule has 0 aliphatic heterocycles. The van der Waals surface area contributed by atoms with Crippen molar-refractivity contribution in [1.82, 2.24) is 0 Å². The molecule has 0 fully saturated rings. The van der Waals surface area contributed by atoms with Gasteiger partial charge in [0.05, 0.1) is 16.8 Å². The molecule has 1 atom stereocenters. The number of hydrogen-bond acceptors (Lipinski definition) is 2. The van der Waals surface area contributed by atoms with Crippen LogP contribution in [0.1, 0.15) is 47.2 Å². The number of benzene rings is 10. The molecule has 0 N–H and O–H groups in total. The Bertz CT molecular complexity index is 3440. The Morgan fingerprint density at radius 3 is 1.47 bits per heavy atom. The largest absolute Gasteiger partial charge is 0.310 e. The summed E-state index contributed by atoms with van der Waals surface area (Å²) in [5.41, 5.74) is 21.9. The molecule has 0 heterocycles. The predicted octanol–water partition coefficient (Wildman–Crippen LogP) is 16.4. The lowest BCUT2D eigenvalue weighted by Gasteiger charge is -2.33. The van der Waals surface area contributed by atoms with Gasteiger partial charge >= 0.3 is 0 Å². The summed E-state index contributed by atoms with van der Waals surface area (Å²) in [6.45, 7) is 4.75. The quantitative estimate of drug-likeness (QED) is 0.165. The molecular formula is C62H44N2. The molecule has 0 saturated heterocycles. The molecule has 3 aliphatic carbocycles. The van der Waals surface area contributed by atoms with E-state index in [1.807, 2.05) is 0 Å². The van der Waals surface area contributed by atoms with Crippen molar-refractivity contribution in [2.45, 2.75) is 24.7 Å². The molecule has 13 rings (SSSR count). The molecule has 10 aromatic carbocycles. The van der Waals surface area contributed by atoms with Crippen molar-refractivity contribution in [3.63, 3.8) is 0 Å². The molecule has 10 aromatic rings. The van der Waals surface area contributed by atoms with Gasteiger partial charge in [-0.2, -0.15) is 0 Å². The minimum atomic E-state index is -0.588. The normalized spacial score (nSPS) is 15.5. The zero-order valence-electron chi connectivity index (χ0n) is 35.8. The fraction of sp³-hybridized carbons (Fsp3) is 0.0645. The van der Waals surface area contributed by atoms with Gasteiger partial charge in [-0.25, -0.2) is 0 Å². The Balaban J connectivity index is 1.12. The summed E-state index contributed by atoms with van der Waals surface area (Å²) < 4.78 is 0. The molecule has 0 amide bonds. The maximum absolute atomic E-state index is 2.51. The second kappa shape index (κ2) is 13.8. The third-order valence-corrected chi connectivity index (χ3v) is 14.4. The van der Waals surface area contributed by atoms with Gasteiger partial charge < -0.3 is 9.80 Å². The minimum absolute atomic E-state index is 0.134. The van der Waals surface area contributed by atoms with Crippen LogP contribution in [0.3, 0.4) is 0 Å². The molecule has 0 radical (unpaired) electrons. The molecule has 2 heteroatoms. The van der Waals surface area contributed by atoms with Crippen LogP contribution in [0, 0.1) is 0 Å².